The Balaban J connectivity index is 1.85. The van der Waals surface area contributed by atoms with Crippen LogP contribution in [-0.2, 0) is 11.2 Å². The summed E-state index contributed by atoms with van der Waals surface area (Å²) in [5.41, 5.74) is 13.5. The first-order valence-electron chi connectivity index (χ1n) is 9.96. The summed E-state index contributed by atoms with van der Waals surface area (Å²) in [6.07, 6.45) is 0. The van der Waals surface area contributed by atoms with Gasteiger partial charge < -0.3 is 16.0 Å². The van der Waals surface area contributed by atoms with E-state index in [0.717, 1.165) is 12.1 Å². The van der Waals surface area contributed by atoms with Crippen molar-refractivity contribution in [2.75, 3.05) is 11.5 Å². The molecule has 4 aromatic carbocycles. The average Bonchev–Trinajstić information content (AvgIpc) is 2.84. The molecule has 4 N–H and O–H groups in total. The third-order valence-corrected chi connectivity index (χ3v) is 6.72. The lowest BCUT2D eigenvalue weighted by atomic mass is 10.0. The van der Waals surface area contributed by atoms with Gasteiger partial charge in [-0.25, -0.2) is 0 Å². The normalized spacial score (nSPS) is 10.9. The first kappa shape index (κ1) is 22.8. The molecule has 0 unspecified atom stereocenters. The van der Waals surface area contributed by atoms with Crippen molar-refractivity contribution in [3.8, 4) is 22.3 Å². The highest BCUT2D eigenvalue weighted by molar-refractivity contribution is 7.91. The van der Waals surface area contributed by atoms with Gasteiger partial charge in [-0.3, -0.25) is 20.2 Å². The van der Waals surface area contributed by atoms with Crippen molar-refractivity contribution in [2.45, 2.75) is 9.79 Å². The second-order valence-electron chi connectivity index (χ2n) is 7.33. The lowest BCUT2D eigenvalue weighted by molar-refractivity contribution is -0.384. The van der Waals surface area contributed by atoms with Gasteiger partial charge in [0.05, 0.1) is 44.5 Å². The van der Waals surface area contributed by atoms with Gasteiger partial charge in [0, 0.05) is 11.2 Å². The predicted octanol–water partition coefficient (Wildman–Crippen LogP) is 5.17. The van der Waals surface area contributed by atoms with Crippen LogP contribution in [0.5, 0.6) is 0 Å². The smallest absolute Gasteiger partial charge is 0.282 e. The number of nitrogens with two attached hydrogens (primary N) is 2. The molecule has 0 aromatic heterocycles. The van der Waals surface area contributed by atoms with Crippen molar-refractivity contribution in [3.05, 3.63) is 105 Å². The van der Waals surface area contributed by atoms with Crippen LogP contribution in [0.25, 0.3) is 22.3 Å². The first-order valence-corrected chi connectivity index (χ1v) is 11.1. The SMILES string of the molecule is Nc1cc(-c2ccccc2)c([N+](=O)[O-])cc1[S+]([O-])c1cc([N+](=O)[O-])c(-c2ccccc2)cc1N. The van der Waals surface area contributed by atoms with E-state index in [9.17, 15) is 24.8 Å². The first-order chi connectivity index (χ1) is 16.3. The molecule has 0 saturated heterocycles. The van der Waals surface area contributed by atoms with Crippen molar-refractivity contribution in [1.29, 1.82) is 0 Å². The van der Waals surface area contributed by atoms with E-state index in [1.807, 2.05) is 0 Å². The van der Waals surface area contributed by atoms with Crippen molar-refractivity contribution < 1.29 is 14.4 Å². The fraction of sp³-hybridized carbons (Fsp3) is 0. The van der Waals surface area contributed by atoms with Crippen LogP contribution in [0.4, 0.5) is 22.7 Å². The van der Waals surface area contributed by atoms with Gasteiger partial charge in [0.15, 0.2) is 9.79 Å². The van der Waals surface area contributed by atoms with Crippen LogP contribution in [0.3, 0.4) is 0 Å². The molecule has 0 fully saturated rings. The fourth-order valence-electron chi connectivity index (χ4n) is 3.61. The average molecular weight is 474 g/mol. The standard InChI is InChI=1S/C24H18N4O5S/c25-19-11-17(15-7-3-1-4-8-15)21(27(29)30)13-23(19)34(33)24-14-22(28(31)32)18(12-20(24)26)16-9-5-2-6-10-16/h1-14H,25-26H2. The van der Waals surface area contributed by atoms with Crippen LogP contribution >= 0.6 is 0 Å². The quantitative estimate of drug-likeness (QED) is 0.169. The monoisotopic (exact) mass is 474 g/mol. The molecular formula is C24H18N4O5S. The maximum absolute atomic E-state index is 13.4. The van der Waals surface area contributed by atoms with Crippen LogP contribution in [0.2, 0.25) is 0 Å². The number of hydrogen-bond donors (Lipinski definition) is 2. The second kappa shape index (κ2) is 9.22. The Labute approximate surface area is 197 Å². The molecule has 0 amide bonds. The molecule has 10 heteroatoms. The molecule has 0 aliphatic heterocycles. The molecule has 0 aliphatic rings. The molecule has 4 aromatic rings. The van der Waals surface area contributed by atoms with Gasteiger partial charge in [0.25, 0.3) is 11.4 Å². The minimum absolute atomic E-state index is 0.0389. The van der Waals surface area contributed by atoms with E-state index in [0.29, 0.717) is 11.1 Å². The number of rotatable bonds is 6. The van der Waals surface area contributed by atoms with Crippen LogP contribution in [0.15, 0.2) is 94.7 Å². The summed E-state index contributed by atoms with van der Waals surface area (Å²) < 4.78 is 13.4. The summed E-state index contributed by atoms with van der Waals surface area (Å²) in [6.45, 7) is 0. The highest BCUT2D eigenvalue weighted by Crippen LogP contribution is 2.41. The summed E-state index contributed by atoms with van der Waals surface area (Å²) in [5.74, 6) is 0. The number of hydrogen-bond acceptors (Lipinski definition) is 7. The zero-order valence-corrected chi connectivity index (χ0v) is 18.4. The Kier molecular flexibility index (Phi) is 6.17. The Morgan fingerprint density at radius 3 is 1.29 bits per heavy atom. The van der Waals surface area contributed by atoms with Gasteiger partial charge in [0.1, 0.15) is 0 Å². The number of nitro benzene ring substituents is 2. The summed E-state index contributed by atoms with van der Waals surface area (Å²) in [6, 6.07) is 22.3. The zero-order valence-electron chi connectivity index (χ0n) is 17.6. The Morgan fingerprint density at radius 2 is 0.971 bits per heavy atom. The number of nitro groups is 2. The molecule has 0 spiro atoms. The van der Waals surface area contributed by atoms with Crippen LogP contribution < -0.4 is 11.5 Å². The summed E-state index contributed by atoms with van der Waals surface area (Å²) in [4.78, 5) is 22.3. The molecule has 0 radical (unpaired) electrons. The van der Waals surface area contributed by atoms with Crippen LogP contribution in [-0.4, -0.2) is 14.4 Å². The van der Waals surface area contributed by atoms with Crippen molar-refractivity contribution in [3.63, 3.8) is 0 Å². The van der Waals surface area contributed by atoms with E-state index in [1.165, 1.54) is 12.1 Å². The maximum atomic E-state index is 13.4. The van der Waals surface area contributed by atoms with E-state index in [2.05, 4.69) is 0 Å². The molecule has 170 valence electrons. The molecule has 0 bridgehead atoms. The van der Waals surface area contributed by atoms with Gasteiger partial charge in [0.2, 0.25) is 0 Å². The Morgan fingerprint density at radius 1 is 0.618 bits per heavy atom. The fourth-order valence-corrected chi connectivity index (χ4v) is 4.83. The minimum Gasteiger partial charge on any atom is -0.606 e. The molecule has 0 saturated carbocycles. The summed E-state index contributed by atoms with van der Waals surface area (Å²) >= 11 is -2.11. The molecule has 0 heterocycles. The van der Waals surface area contributed by atoms with E-state index in [4.69, 9.17) is 11.5 Å². The number of nitrogen functional groups attached to an aromatic ring is 2. The topological polar surface area (TPSA) is 161 Å². The summed E-state index contributed by atoms with van der Waals surface area (Å²) in [5, 5.41) is 23.6. The van der Waals surface area contributed by atoms with Gasteiger partial charge in [-0.1, -0.05) is 60.7 Å². The molecular weight excluding hydrogens is 456 g/mol. The molecule has 0 atom stereocenters. The molecule has 34 heavy (non-hydrogen) atoms. The predicted molar refractivity (Wildman–Crippen MR) is 131 cm³/mol. The molecule has 0 aliphatic carbocycles. The van der Waals surface area contributed by atoms with Crippen molar-refractivity contribution >= 4 is 33.9 Å². The van der Waals surface area contributed by atoms with Gasteiger partial charge in [-0.2, -0.15) is 0 Å². The van der Waals surface area contributed by atoms with E-state index < -0.39 is 21.0 Å². The number of nitrogens with zero attached hydrogens (tertiary/aromatic N) is 2. The van der Waals surface area contributed by atoms with E-state index in [-0.39, 0.29) is 43.7 Å². The number of benzene rings is 4. The van der Waals surface area contributed by atoms with Gasteiger partial charge in [-0.15, -0.1) is 0 Å². The molecule has 4 rings (SSSR count). The van der Waals surface area contributed by atoms with Crippen molar-refractivity contribution in [2.24, 2.45) is 0 Å². The maximum Gasteiger partial charge on any atom is 0.282 e. The van der Waals surface area contributed by atoms with E-state index >= 15 is 0 Å². The lowest BCUT2D eigenvalue weighted by Gasteiger charge is -2.16. The zero-order chi connectivity index (χ0) is 24.4. The largest absolute Gasteiger partial charge is 0.606 e. The van der Waals surface area contributed by atoms with E-state index in [1.54, 1.807) is 60.7 Å². The third kappa shape index (κ3) is 4.27. The highest BCUT2D eigenvalue weighted by Gasteiger charge is 2.30. The van der Waals surface area contributed by atoms with Crippen LogP contribution in [0, 0.1) is 20.2 Å². The lowest BCUT2D eigenvalue weighted by Crippen LogP contribution is -2.10. The van der Waals surface area contributed by atoms with Gasteiger partial charge >= 0.3 is 0 Å². The molecule has 9 nitrogen and oxygen atoms in total. The van der Waals surface area contributed by atoms with Gasteiger partial charge in [-0.05, 0) is 23.3 Å². The second-order valence-corrected chi connectivity index (χ2v) is 8.75. The number of anilines is 2. The summed E-state index contributed by atoms with van der Waals surface area (Å²) in [7, 11) is 0. The Hall–Kier alpha value is -4.41. The Bertz CT molecular complexity index is 1290. The third-order valence-electron chi connectivity index (χ3n) is 5.22. The van der Waals surface area contributed by atoms with Crippen LogP contribution in [0.1, 0.15) is 0 Å². The highest BCUT2D eigenvalue weighted by atomic mass is 32.2. The van der Waals surface area contributed by atoms with Crippen molar-refractivity contribution in [1.82, 2.24) is 0 Å². The minimum atomic E-state index is -2.11.